The fourth-order valence-corrected chi connectivity index (χ4v) is 1.68. The number of pyridine rings is 1. The Balaban J connectivity index is 2.27. The largest absolute Gasteiger partial charge is 0.433 e. The highest BCUT2D eigenvalue weighted by Crippen LogP contribution is 2.29. The zero-order valence-corrected chi connectivity index (χ0v) is 10.6. The molecule has 0 saturated heterocycles. The van der Waals surface area contributed by atoms with Gasteiger partial charge in [0, 0.05) is 5.02 Å². The Labute approximate surface area is 117 Å². The number of benzene rings is 1. The van der Waals surface area contributed by atoms with Crippen molar-refractivity contribution < 1.29 is 13.2 Å². The molecule has 1 aromatic heterocycles. The fraction of sp³-hybridized carbons (Fsp3) is 0.0769. The Kier molecular flexibility index (Phi) is 3.81. The lowest BCUT2D eigenvalue weighted by Gasteiger charge is -2.10. The minimum absolute atomic E-state index is 0.328. The number of aromatic nitrogens is 1. The van der Waals surface area contributed by atoms with Crippen LogP contribution in [0.2, 0.25) is 5.02 Å². The third-order valence-corrected chi connectivity index (χ3v) is 2.67. The second-order valence-electron chi connectivity index (χ2n) is 3.86. The van der Waals surface area contributed by atoms with E-state index >= 15 is 0 Å². The maximum absolute atomic E-state index is 12.4. The molecule has 0 unspecified atom stereocenters. The molecule has 0 amide bonds. The molecule has 0 fully saturated rings. The van der Waals surface area contributed by atoms with E-state index in [1.165, 1.54) is 18.2 Å². The van der Waals surface area contributed by atoms with Crippen molar-refractivity contribution in [3.63, 3.8) is 0 Å². The second kappa shape index (κ2) is 5.39. The van der Waals surface area contributed by atoms with Crippen molar-refractivity contribution >= 4 is 23.0 Å². The van der Waals surface area contributed by atoms with E-state index in [0.29, 0.717) is 22.0 Å². The van der Waals surface area contributed by atoms with Gasteiger partial charge in [-0.3, -0.25) is 0 Å². The van der Waals surface area contributed by atoms with Gasteiger partial charge in [-0.15, -0.1) is 0 Å². The minimum Gasteiger partial charge on any atom is -0.353 e. The van der Waals surface area contributed by atoms with Crippen LogP contribution >= 0.6 is 11.6 Å². The third-order valence-electron chi connectivity index (χ3n) is 2.43. The van der Waals surface area contributed by atoms with E-state index in [4.69, 9.17) is 16.9 Å². The SMILES string of the molecule is N#Cc1ccc(Cl)cc1Nc1ccc(C(F)(F)F)nc1. The van der Waals surface area contributed by atoms with Crippen molar-refractivity contribution in [3.05, 3.63) is 52.8 Å². The highest BCUT2D eigenvalue weighted by Gasteiger charge is 2.32. The Morgan fingerprint density at radius 2 is 1.95 bits per heavy atom. The number of nitriles is 1. The van der Waals surface area contributed by atoms with Gasteiger partial charge in [0.1, 0.15) is 11.8 Å². The molecule has 1 aromatic carbocycles. The van der Waals surface area contributed by atoms with Crippen molar-refractivity contribution in [1.82, 2.24) is 4.98 Å². The lowest BCUT2D eigenvalue weighted by atomic mass is 10.2. The number of rotatable bonds is 2. The minimum atomic E-state index is -4.48. The highest BCUT2D eigenvalue weighted by molar-refractivity contribution is 6.30. The summed E-state index contributed by atoms with van der Waals surface area (Å²) in [5.41, 5.74) is 0.0854. The second-order valence-corrected chi connectivity index (χ2v) is 4.29. The Bertz CT molecular complexity index is 660. The number of nitrogens with zero attached hydrogens (tertiary/aromatic N) is 2. The number of anilines is 2. The number of nitrogens with one attached hydrogen (secondary N) is 1. The number of hydrogen-bond donors (Lipinski definition) is 1. The van der Waals surface area contributed by atoms with E-state index < -0.39 is 11.9 Å². The normalized spacial score (nSPS) is 10.9. The van der Waals surface area contributed by atoms with Crippen LogP contribution < -0.4 is 5.32 Å². The van der Waals surface area contributed by atoms with Crippen LogP contribution in [0.1, 0.15) is 11.3 Å². The maximum Gasteiger partial charge on any atom is 0.433 e. The van der Waals surface area contributed by atoms with Crippen LogP contribution in [0.4, 0.5) is 24.5 Å². The van der Waals surface area contributed by atoms with Gasteiger partial charge in [-0.2, -0.15) is 18.4 Å². The van der Waals surface area contributed by atoms with E-state index in [9.17, 15) is 13.2 Å². The summed E-state index contributed by atoms with van der Waals surface area (Å²) in [6.07, 6.45) is -3.43. The molecule has 0 radical (unpaired) electrons. The first-order valence-corrected chi connectivity index (χ1v) is 5.78. The summed E-state index contributed by atoms with van der Waals surface area (Å²) in [4.78, 5) is 3.32. The van der Waals surface area contributed by atoms with Crippen LogP contribution in [-0.2, 0) is 6.18 Å². The molecule has 20 heavy (non-hydrogen) atoms. The van der Waals surface area contributed by atoms with Gasteiger partial charge < -0.3 is 5.32 Å². The molecule has 0 spiro atoms. The first-order valence-electron chi connectivity index (χ1n) is 5.40. The summed E-state index contributed by atoms with van der Waals surface area (Å²) in [5, 5.41) is 12.2. The summed E-state index contributed by atoms with van der Waals surface area (Å²) in [7, 11) is 0. The number of halogens is 4. The Hall–Kier alpha value is -2.26. The summed E-state index contributed by atoms with van der Waals surface area (Å²) in [6.45, 7) is 0. The molecule has 0 atom stereocenters. The molecule has 0 aliphatic heterocycles. The molecule has 0 aliphatic rings. The predicted octanol–water partition coefficient (Wildman–Crippen LogP) is 4.37. The molecule has 2 aromatic rings. The lowest BCUT2D eigenvalue weighted by Crippen LogP contribution is -2.07. The van der Waals surface area contributed by atoms with Gasteiger partial charge in [0.2, 0.25) is 0 Å². The standard InChI is InChI=1S/C13H7ClF3N3/c14-9-2-1-8(6-18)11(5-9)20-10-3-4-12(19-7-10)13(15,16)17/h1-5,7,20H. The third kappa shape index (κ3) is 3.19. The number of hydrogen-bond acceptors (Lipinski definition) is 3. The fourth-order valence-electron chi connectivity index (χ4n) is 1.51. The topological polar surface area (TPSA) is 48.7 Å². The zero-order valence-electron chi connectivity index (χ0n) is 9.87. The predicted molar refractivity (Wildman–Crippen MR) is 68.7 cm³/mol. The Morgan fingerprint density at radius 3 is 2.50 bits per heavy atom. The lowest BCUT2D eigenvalue weighted by molar-refractivity contribution is -0.141. The summed E-state index contributed by atoms with van der Waals surface area (Å²) in [6, 6.07) is 8.63. The first kappa shape index (κ1) is 14.2. The van der Waals surface area contributed by atoms with Crippen molar-refractivity contribution in [3.8, 4) is 6.07 Å². The summed E-state index contributed by atoms with van der Waals surface area (Å²) >= 11 is 5.81. The van der Waals surface area contributed by atoms with Crippen LogP contribution in [0, 0.1) is 11.3 Å². The summed E-state index contributed by atoms with van der Waals surface area (Å²) < 4.78 is 37.1. The van der Waals surface area contributed by atoms with E-state index in [0.717, 1.165) is 12.3 Å². The quantitative estimate of drug-likeness (QED) is 0.895. The van der Waals surface area contributed by atoms with Gasteiger partial charge in [-0.1, -0.05) is 11.6 Å². The molecule has 102 valence electrons. The van der Waals surface area contributed by atoms with E-state index in [2.05, 4.69) is 10.3 Å². The van der Waals surface area contributed by atoms with Crippen molar-refractivity contribution in [2.24, 2.45) is 0 Å². The molecular weight excluding hydrogens is 291 g/mol. The van der Waals surface area contributed by atoms with Crippen LogP contribution in [0.5, 0.6) is 0 Å². The zero-order chi connectivity index (χ0) is 14.8. The van der Waals surface area contributed by atoms with Gasteiger partial charge in [-0.05, 0) is 30.3 Å². The smallest absolute Gasteiger partial charge is 0.353 e. The van der Waals surface area contributed by atoms with E-state index in [1.807, 2.05) is 6.07 Å². The van der Waals surface area contributed by atoms with Gasteiger partial charge in [0.05, 0.1) is 23.1 Å². The monoisotopic (exact) mass is 297 g/mol. The molecule has 0 aliphatic carbocycles. The average Bonchev–Trinajstić information content (AvgIpc) is 2.38. The first-order chi connectivity index (χ1) is 9.40. The average molecular weight is 298 g/mol. The summed E-state index contributed by atoms with van der Waals surface area (Å²) in [5.74, 6) is 0. The number of alkyl halides is 3. The maximum atomic E-state index is 12.4. The highest BCUT2D eigenvalue weighted by atomic mass is 35.5. The van der Waals surface area contributed by atoms with E-state index in [1.54, 1.807) is 6.07 Å². The molecule has 1 N–H and O–H groups in total. The molecule has 1 heterocycles. The molecule has 7 heteroatoms. The molecule has 3 nitrogen and oxygen atoms in total. The van der Waals surface area contributed by atoms with Crippen LogP contribution in [-0.4, -0.2) is 4.98 Å². The van der Waals surface area contributed by atoms with Gasteiger partial charge >= 0.3 is 6.18 Å². The Morgan fingerprint density at radius 1 is 1.20 bits per heavy atom. The van der Waals surface area contributed by atoms with E-state index in [-0.39, 0.29) is 0 Å². The van der Waals surface area contributed by atoms with Crippen LogP contribution in [0.3, 0.4) is 0 Å². The van der Waals surface area contributed by atoms with Crippen molar-refractivity contribution in [2.75, 3.05) is 5.32 Å². The molecular formula is C13H7ClF3N3. The van der Waals surface area contributed by atoms with Crippen LogP contribution in [0.25, 0.3) is 0 Å². The van der Waals surface area contributed by atoms with Crippen molar-refractivity contribution in [1.29, 1.82) is 5.26 Å². The molecule has 0 saturated carbocycles. The van der Waals surface area contributed by atoms with Gasteiger partial charge in [0.15, 0.2) is 0 Å². The van der Waals surface area contributed by atoms with Crippen LogP contribution in [0.15, 0.2) is 36.5 Å². The van der Waals surface area contributed by atoms with Gasteiger partial charge in [0.25, 0.3) is 0 Å². The molecule has 0 bridgehead atoms. The molecule has 2 rings (SSSR count). The van der Waals surface area contributed by atoms with Gasteiger partial charge in [-0.25, -0.2) is 4.98 Å². The van der Waals surface area contributed by atoms with Crippen molar-refractivity contribution in [2.45, 2.75) is 6.18 Å².